The summed E-state index contributed by atoms with van der Waals surface area (Å²) < 4.78 is 1.31. The van der Waals surface area contributed by atoms with Crippen LogP contribution in [0.5, 0.6) is 0 Å². The van der Waals surface area contributed by atoms with Gasteiger partial charge in [-0.2, -0.15) is 9.67 Å². The van der Waals surface area contributed by atoms with Crippen LogP contribution in [-0.2, 0) is 6.54 Å². The van der Waals surface area contributed by atoms with Gasteiger partial charge in [0.15, 0.2) is 5.82 Å². The van der Waals surface area contributed by atoms with Gasteiger partial charge in [0.2, 0.25) is 11.9 Å². The Kier molecular flexibility index (Phi) is 4.02. The minimum Gasteiger partial charge on any atom is -0.349 e. The van der Waals surface area contributed by atoms with Gasteiger partial charge in [-0.3, -0.25) is 4.79 Å². The number of hydrogen-bond donors (Lipinski definition) is 1. The van der Waals surface area contributed by atoms with Crippen LogP contribution in [0.4, 0.5) is 5.95 Å². The molecule has 2 aromatic heterocycles. The van der Waals surface area contributed by atoms with E-state index in [0.29, 0.717) is 18.3 Å². The Labute approximate surface area is 132 Å². The third kappa shape index (κ3) is 3.07. The highest BCUT2D eigenvalue weighted by molar-refractivity contribution is 7.09. The Morgan fingerprint density at radius 3 is 2.68 bits per heavy atom. The number of thiophene rings is 1. The molecule has 0 aliphatic carbocycles. The van der Waals surface area contributed by atoms with Crippen molar-refractivity contribution in [1.29, 1.82) is 0 Å². The molecule has 6 heteroatoms. The molecule has 0 fully saturated rings. The van der Waals surface area contributed by atoms with Crippen LogP contribution in [0.2, 0.25) is 0 Å². The van der Waals surface area contributed by atoms with Gasteiger partial charge in [-0.25, -0.2) is 0 Å². The molecule has 0 aliphatic rings. The Hall–Kier alpha value is -2.47. The summed E-state index contributed by atoms with van der Waals surface area (Å²) >= 11 is 1.66. The highest BCUT2D eigenvalue weighted by Gasteiger charge is 2.14. The fourth-order valence-corrected chi connectivity index (χ4v) is 2.69. The van der Waals surface area contributed by atoms with Gasteiger partial charge in [0.1, 0.15) is 0 Å². The number of aryl methyl sites for hydroxylation is 1. The van der Waals surface area contributed by atoms with E-state index in [1.54, 1.807) is 11.3 Å². The van der Waals surface area contributed by atoms with Crippen molar-refractivity contribution in [3.05, 3.63) is 52.2 Å². The van der Waals surface area contributed by atoms with Crippen molar-refractivity contribution < 1.29 is 4.79 Å². The maximum absolute atomic E-state index is 11.7. The van der Waals surface area contributed by atoms with Gasteiger partial charge in [0.25, 0.3) is 0 Å². The molecule has 0 radical (unpaired) electrons. The standard InChI is InChI=1S/C16H16N4OS/c1-11-5-7-13(8-6-11)15-18-16(20(19-15)12(2)21)17-10-14-4-3-9-22-14/h3-9H,10H2,1-2H3,(H,17,18,19). The Morgan fingerprint density at radius 1 is 1.27 bits per heavy atom. The number of carbonyl (C=O) groups is 1. The number of carbonyl (C=O) groups excluding carboxylic acids is 1. The first kappa shape index (κ1) is 14.5. The second-order valence-electron chi connectivity index (χ2n) is 4.99. The maximum Gasteiger partial charge on any atom is 0.246 e. The van der Waals surface area contributed by atoms with Crippen molar-refractivity contribution in [3.8, 4) is 11.4 Å². The molecule has 1 N–H and O–H groups in total. The van der Waals surface area contributed by atoms with Gasteiger partial charge in [-0.05, 0) is 18.4 Å². The van der Waals surface area contributed by atoms with Gasteiger partial charge < -0.3 is 5.32 Å². The van der Waals surface area contributed by atoms with E-state index in [-0.39, 0.29) is 5.91 Å². The van der Waals surface area contributed by atoms with Crippen LogP contribution in [-0.4, -0.2) is 20.7 Å². The number of hydrogen-bond acceptors (Lipinski definition) is 5. The normalized spacial score (nSPS) is 10.6. The third-order valence-electron chi connectivity index (χ3n) is 3.22. The van der Waals surface area contributed by atoms with Crippen molar-refractivity contribution in [2.75, 3.05) is 5.32 Å². The SMILES string of the molecule is CC(=O)n1nc(-c2ccc(C)cc2)nc1NCc1cccs1. The van der Waals surface area contributed by atoms with E-state index in [4.69, 9.17) is 0 Å². The second-order valence-corrected chi connectivity index (χ2v) is 6.02. The zero-order valence-electron chi connectivity index (χ0n) is 12.4. The largest absolute Gasteiger partial charge is 0.349 e. The number of aromatic nitrogens is 3. The molecule has 0 unspecified atom stereocenters. The lowest BCUT2D eigenvalue weighted by molar-refractivity contribution is 0.0924. The van der Waals surface area contributed by atoms with E-state index in [1.165, 1.54) is 22.0 Å². The smallest absolute Gasteiger partial charge is 0.246 e. The summed E-state index contributed by atoms with van der Waals surface area (Å²) in [6.45, 7) is 4.13. The van der Waals surface area contributed by atoms with Gasteiger partial charge in [-0.1, -0.05) is 35.9 Å². The molecule has 0 saturated heterocycles. The van der Waals surface area contributed by atoms with Gasteiger partial charge >= 0.3 is 0 Å². The topological polar surface area (TPSA) is 59.8 Å². The predicted octanol–water partition coefficient (Wildman–Crippen LogP) is 3.59. The molecular formula is C16H16N4OS. The highest BCUT2D eigenvalue weighted by atomic mass is 32.1. The van der Waals surface area contributed by atoms with Crippen molar-refractivity contribution in [3.63, 3.8) is 0 Å². The molecule has 2 heterocycles. The molecule has 3 rings (SSSR count). The number of rotatable bonds is 4. The van der Waals surface area contributed by atoms with Gasteiger partial charge in [-0.15, -0.1) is 16.4 Å². The first-order valence-corrected chi connectivity index (χ1v) is 7.83. The lowest BCUT2D eigenvalue weighted by Crippen LogP contribution is -2.13. The van der Waals surface area contributed by atoms with Crippen LogP contribution in [0, 0.1) is 6.92 Å². The average molecular weight is 312 g/mol. The summed E-state index contributed by atoms with van der Waals surface area (Å²) in [5.74, 6) is 0.847. The van der Waals surface area contributed by atoms with Crippen molar-refractivity contribution in [1.82, 2.24) is 14.8 Å². The second kappa shape index (κ2) is 6.11. The van der Waals surface area contributed by atoms with Crippen LogP contribution in [0.15, 0.2) is 41.8 Å². The van der Waals surface area contributed by atoms with E-state index in [1.807, 2.05) is 48.7 Å². The first-order chi connectivity index (χ1) is 10.6. The molecule has 1 aromatic carbocycles. The predicted molar refractivity (Wildman–Crippen MR) is 88.1 cm³/mol. The van der Waals surface area contributed by atoms with Gasteiger partial charge in [0, 0.05) is 17.4 Å². The molecule has 112 valence electrons. The molecule has 0 bridgehead atoms. The summed E-state index contributed by atoms with van der Waals surface area (Å²) in [5.41, 5.74) is 2.07. The number of benzene rings is 1. The number of nitrogens with zero attached hydrogens (tertiary/aromatic N) is 3. The summed E-state index contributed by atoms with van der Waals surface area (Å²) in [7, 11) is 0. The minimum atomic E-state index is -0.167. The first-order valence-electron chi connectivity index (χ1n) is 6.95. The molecule has 0 aliphatic heterocycles. The Morgan fingerprint density at radius 2 is 2.05 bits per heavy atom. The zero-order chi connectivity index (χ0) is 15.5. The molecule has 5 nitrogen and oxygen atoms in total. The third-order valence-corrected chi connectivity index (χ3v) is 4.09. The van der Waals surface area contributed by atoms with Crippen LogP contribution in [0.3, 0.4) is 0 Å². The van der Waals surface area contributed by atoms with Crippen molar-refractivity contribution in [2.45, 2.75) is 20.4 Å². The summed E-state index contributed by atoms with van der Waals surface area (Å²) in [6, 6.07) is 11.9. The number of nitrogens with one attached hydrogen (secondary N) is 1. The van der Waals surface area contributed by atoms with Gasteiger partial charge in [0.05, 0.1) is 6.54 Å². The molecule has 0 amide bonds. The van der Waals surface area contributed by atoms with Crippen LogP contribution < -0.4 is 5.32 Å². The van der Waals surface area contributed by atoms with E-state index >= 15 is 0 Å². The molecule has 22 heavy (non-hydrogen) atoms. The molecular weight excluding hydrogens is 296 g/mol. The average Bonchev–Trinajstić information content (AvgIpc) is 3.15. The molecule has 3 aromatic rings. The monoisotopic (exact) mass is 312 g/mol. The van der Waals surface area contributed by atoms with E-state index in [0.717, 1.165) is 5.56 Å². The lowest BCUT2D eigenvalue weighted by Gasteiger charge is -2.03. The van der Waals surface area contributed by atoms with Crippen LogP contribution in [0.1, 0.15) is 22.2 Å². The van der Waals surface area contributed by atoms with Crippen molar-refractivity contribution >= 4 is 23.2 Å². The highest BCUT2D eigenvalue weighted by Crippen LogP contribution is 2.19. The summed E-state index contributed by atoms with van der Waals surface area (Å²) in [6.07, 6.45) is 0. The van der Waals surface area contributed by atoms with E-state index in [9.17, 15) is 4.79 Å². The Balaban J connectivity index is 1.88. The molecule has 0 saturated carbocycles. The Bertz CT molecular complexity index is 775. The zero-order valence-corrected chi connectivity index (χ0v) is 13.2. The van der Waals surface area contributed by atoms with Crippen LogP contribution in [0.25, 0.3) is 11.4 Å². The molecule has 0 spiro atoms. The number of anilines is 1. The lowest BCUT2D eigenvalue weighted by atomic mass is 10.1. The van der Waals surface area contributed by atoms with E-state index < -0.39 is 0 Å². The fraction of sp³-hybridized carbons (Fsp3) is 0.188. The molecule has 0 atom stereocenters. The fourth-order valence-electron chi connectivity index (χ4n) is 2.05. The maximum atomic E-state index is 11.7. The summed E-state index contributed by atoms with van der Waals surface area (Å²) in [5, 5.41) is 9.50. The van der Waals surface area contributed by atoms with Crippen LogP contribution >= 0.6 is 11.3 Å². The van der Waals surface area contributed by atoms with Crippen molar-refractivity contribution in [2.24, 2.45) is 0 Å². The quantitative estimate of drug-likeness (QED) is 0.800. The summed E-state index contributed by atoms with van der Waals surface area (Å²) in [4.78, 5) is 17.4. The minimum absolute atomic E-state index is 0.167. The van der Waals surface area contributed by atoms with E-state index in [2.05, 4.69) is 15.4 Å².